The van der Waals surface area contributed by atoms with E-state index in [9.17, 15) is 9.90 Å². The largest absolute Gasteiger partial charge is 0.450 e. The number of nitrogens with zero attached hydrogens (tertiary/aromatic N) is 1. The van der Waals surface area contributed by atoms with Crippen molar-refractivity contribution in [3.8, 4) is 11.8 Å². The number of carbonyl (C=O) groups is 1. The van der Waals surface area contributed by atoms with E-state index >= 15 is 0 Å². The van der Waals surface area contributed by atoms with Crippen molar-refractivity contribution in [1.82, 2.24) is 4.90 Å². The molecule has 1 N–H and O–H groups in total. The minimum absolute atomic E-state index is 0.365. The normalized spacial score (nSPS) is 20.6. The summed E-state index contributed by atoms with van der Waals surface area (Å²) in [6.45, 7) is -0.451. The monoisotopic (exact) mass is 361 g/mol. The van der Waals surface area contributed by atoms with Crippen LogP contribution in [0.3, 0.4) is 0 Å². The highest BCUT2D eigenvalue weighted by atomic mass is 16.5. The Morgan fingerprint density at radius 3 is 2.50 bits per heavy atom. The lowest BCUT2D eigenvalue weighted by Crippen LogP contribution is -2.45. The summed E-state index contributed by atoms with van der Waals surface area (Å²) in [5.74, 6) is 2.89. The van der Waals surface area contributed by atoms with Crippen molar-refractivity contribution >= 4 is 5.97 Å². The molecule has 0 aromatic heterocycles. The van der Waals surface area contributed by atoms with Gasteiger partial charge >= 0.3 is 5.97 Å². The lowest BCUT2D eigenvalue weighted by molar-refractivity contribution is -0.174. The molecule has 0 unspecified atom stereocenters. The number of rotatable bonds is 7. The zero-order chi connectivity index (χ0) is 22.4. The molecular weight excluding hydrogens is 326 g/mol. The molecule has 0 radical (unpaired) electrons. The lowest BCUT2D eigenvalue weighted by Gasteiger charge is -2.36. The Labute approximate surface area is 163 Å². The van der Waals surface area contributed by atoms with Gasteiger partial charge in [0, 0.05) is 5.92 Å². The Bertz CT molecular complexity index is 766. The van der Waals surface area contributed by atoms with Gasteiger partial charge in [-0.25, -0.2) is 4.79 Å². The number of aliphatic hydroxyl groups is 1. The predicted molar refractivity (Wildman–Crippen MR) is 103 cm³/mol. The Morgan fingerprint density at radius 1 is 1.23 bits per heavy atom. The van der Waals surface area contributed by atoms with Crippen molar-refractivity contribution in [2.75, 3.05) is 26.1 Å². The van der Waals surface area contributed by atoms with Crippen molar-refractivity contribution in [3.63, 3.8) is 0 Å². The summed E-state index contributed by atoms with van der Waals surface area (Å²) in [6, 6.07) is 8.47. The summed E-state index contributed by atoms with van der Waals surface area (Å²) >= 11 is 0. The molecule has 142 valence electrons. The summed E-state index contributed by atoms with van der Waals surface area (Å²) in [6.07, 6.45) is 4.07. The summed E-state index contributed by atoms with van der Waals surface area (Å²) in [7, 11) is 0. The third-order valence-corrected chi connectivity index (χ3v) is 4.96. The van der Waals surface area contributed by atoms with Gasteiger partial charge in [-0.05, 0) is 31.5 Å². The van der Waals surface area contributed by atoms with E-state index in [2.05, 4.69) is 11.8 Å². The second kappa shape index (κ2) is 10.4. The van der Waals surface area contributed by atoms with Crippen LogP contribution in [0.5, 0.6) is 0 Å². The molecule has 4 nitrogen and oxygen atoms in total. The van der Waals surface area contributed by atoms with Gasteiger partial charge in [-0.3, -0.25) is 4.90 Å². The molecule has 0 amide bonds. The number of carbonyl (C=O) groups excluding carboxylic acids is 1. The molecule has 26 heavy (non-hydrogen) atoms. The third kappa shape index (κ3) is 5.09. The molecular formula is C22H31NO3. The van der Waals surface area contributed by atoms with E-state index in [1.54, 1.807) is 44.2 Å². The highest BCUT2D eigenvalue weighted by Gasteiger charge is 2.46. The molecule has 1 aromatic carbocycles. The SMILES string of the molecule is [2H]C([2H])(C#CC([2H])([2H])N(CC)CC)OC(=O)[C@](O)(c1ccccc1)C1CCCCC1. The third-order valence-electron chi connectivity index (χ3n) is 4.96. The molecule has 0 saturated heterocycles. The van der Waals surface area contributed by atoms with Crippen LogP contribution in [0.25, 0.3) is 0 Å². The Kier molecular flexibility index (Phi) is 6.07. The molecule has 1 fully saturated rings. The van der Waals surface area contributed by atoms with Crippen molar-refractivity contribution in [1.29, 1.82) is 0 Å². The maximum atomic E-state index is 13.1. The van der Waals surface area contributed by atoms with Gasteiger partial charge in [0.2, 0.25) is 0 Å². The zero-order valence-electron chi connectivity index (χ0n) is 19.6. The molecule has 0 bridgehead atoms. The highest BCUT2D eigenvalue weighted by Crippen LogP contribution is 2.40. The quantitative estimate of drug-likeness (QED) is 0.598. The molecule has 1 aromatic rings. The molecule has 2 rings (SSSR count). The van der Waals surface area contributed by atoms with Crippen LogP contribution in [0.15, 0.2) is 30.3 Å². The first-order valence-electron chi connectivity index (χ1n) is 11.4. The van der Waals surface area contributed by atoms with Gasteiger partial charge in [0.15, 0.2) is 12.2 Å². The fourth-order valence-electron chi connectivity index (χ4n) is 3.40. The van der Waals surface area contributed by atoms with Crippen LogP contribution in [0.4, 0.5) is 0 Å². The number of ether oxygens (including phenoxy) is 1. The van der Waals surface area contributed by atoms with Gasteiger partial charge in [-0.2, -0.15) is 0 Å². The average molecular weight is 362 g/mol. The number of hydrogen-bond acceptors (Lipinski definition) is 4. The van der Waals surface area contributed by atoms with Gasteiger partial charge in [-0.1, -0.05) is 75.3 Å². The first-order chi connectivity index (χ1) is 14.1. The van der Waals surface area contributed by atoms with Crippen molar-refractivity contribution in [2.24, 2.45) is 5.92 Å². The molecule has 0 spiro atoms. The Morgan fingerprint density at radius 2 is 1.88 bits per heavy atom. The second-order valence-electron chi connectivity index (χ2n) is 6.49. The van der Waals surface area contributed by atoms with E-state index in [0.717, 1.165) is 19.3 Å². The predicted octanol–water partition coefficient (Wildman–Crippen LogP) is 3.34. The van der Waals surface area contributed by atoms with E-state index in [4.69, 9.17) is 10.2 Å². The first-order valence-corrected chi connectivity index (χ1v) is 9.37. The van der Waals surface area contributed by atoms with Crippen LogP contribution in [-0.2, 0) is 15.1 Å². The molecule has 4 heteroatoms. The second-order valence-corrected chi connectivity index (χ2v) is 6.49. The maximum Gasteiger partial charge on any atom is 0.344 e. The van der Waals surface area contributed by atoms with Gasteiger partial charge in [0.25, 0.3) is 0 Å². The van der Waals surface area contributed by atoms with Gasteiger partial charge in [0.1, 0.15) is 0 Å². The van der Waals surface area contributed by atoms with Crippen LogP contribution < -0.4 is 0 Å². The smallest absolute Gasteiger partial charge is 0.344 e. The summed E-state index contributed by atoms with van der Waals surface area (Å²) in [4.78, 5) is 14.5. The van der Waals surface area contributed by atoms with Crippen LogP contribution >= 0.6 is 0 Å². The number of esters is 1. The summed E-state index contributed by atoms with van der Waals surface area (Å²) in [5, 5.41) is 11.5. The van der Waals surface area contributed by atoms with Crippen LogP contribution in [0, 0.1) is 17.8 Å². The fraction of sp³-hybridized carbons (Fsp3) is 0.591. The maximum absolute atomic E-state index is 13.1. The van der Waals surface area contributed by atoms with Gasteiger partial charge in [-0.15, -0.1) is 0 Å². The lowest BCUT2D eigenvalue weighted by atomic mass is 9.73. The van der Waals surface area contributed by atoms with E-state index in [1.807, 2.05) is 0 Å². The fourth-order valence-corrected chi connectivity index (χ4v) is 3.40. The van der Waals surface area contributed by atoms with E-state index in [0.29, 0.717) is 31.5 Å². The topological polar surface area (TPSA) is 49.8 Å². The van der Waals surface area contributed by atoms with E-state index in [1.165, 1.54) is 4.90 Å². The zero-order valence-corrected chi connectivity index (χ0v) is 15.6. The van der Waals surface area contributed by atoms with Crippen molar-refractivity contribution < 1.29 is 20.1 Å². The molecule has 0 heterocycles. The summed E-state index contributed by atoms with van der Waals surface area (Å²) in [5.41, 5.74) is -1.61. The molecule has 1 saturated carbocycles. The van der Waals surface area contributed by atoms with E-state index < -0.39 is 24.6 Å². The van der Waals surface area contributed by atoms with Gasteiger partial charge < -0.3 is 9.84 Å². The van der Waals surface area contributed by atoms with Crippen molar-refractivity contribution in [2.45, 2.75) is 51.6 Å². The summed E-state index contributed by atoms with van der Waals surface area (Å²) < 4.78 is 37.1. The van der Waals surface area contributed by atoms with Crippen LogP contribution in [0.2, 0.25) is 0 Å². The number of benzene rings is 1. The minimum Gasteiger partial charge on any atom is -0.450 e. The molecule has 1 aliphatic carbocycles. The van der Waals surface area contributed by atoms with Crippen LogP contribution in [0.1, 0.15) is 57.0 Å². The van der Waals surface area contributed by atoms with Crippen LogP contribution in [-0.4, -0.2) is 42.1 Å². The van der Waals surface area contributed by atoms with E-state index in [-0.39, 0.29) is 5.92 Å². The Hall–Kier alpha value is -1.83. The Balaban J connectivity index is 2.30. The minimum atomic E-state index is -2.74. The molecule has 1 aliphatic rings. The van der Waals surface area contributed by atoms with Gasteiger partial charge in [0.05, 0.1) is 12.0 Å². The number of hydrogen-bond donors (Lipinski definition) is 1. The van der Waals surface area contributed by atoms with Crippen molar-refractivity contribution in [3.05, 3.63) is 35.9 Å². The molecule has 0 aliphatic heterocycles. The highest BCUT2D eigenvalue weighted by molar-refractivity contribution is 5.81. The average Bonchev–Trinajstić information content (AvgIpc) is 2.73. The standard InChI is InChI=1S/C22H31NO3/c1-3-23(4-2)17-11-12-18-26-21(24)22(25,19-13-7-5-8-14-19)20-15-9-6-10-16-20/h5,7-8,13-14,20,25H,3-4,6,9-10,15-18H2,1-2H3/t22-/m0/s1/i17D2,18D2. The first kappa shape index (κ1) is 15.2. The molecule has 1 atom stereocenters.